The summed E-state index contributed by atoms with van der Waals surface area (Å²) < 4.78 is 0. The molecule has 2 unspecified atom stereocenters. The van der Waals surface area contributed by atoms with Gasteiger partial charge in [-0.1, -0.05) is 38.1 Å². The second-order valence-electron chi connectivity index (χ2n) is 4.62. The van der Waals surface area contributed by atoms with Crippen molar-refractivity contribution >= 4 is 0 Å². The van der Waals surface area contributed by atoms with Crippen molar-refractivity contribution in [3.8, 4) is 0 Å². The number of hydrogen-bond donors (Lipinski definition) is 0. The van der Waals surface area contributed by atoms with E-state index in [1.54, 1.807) is 0 Å². The van der Waals surface area contributed by atoms with Crippen LogP contribution in [0.2, 0.25) is 0 Å². The van der Waals surface area contributed by atoms with Crippen LogP contribution in [0.4, 0.5) is 0 Å². The third-order valence-corrected chi connectivity index (χ3v) is 3.37. The van der Waals surface area contributed by atoms with E-state index in [1.165, 1.54) is 17.5 Å². The molecule has 0 saturated heterocycles. The van der Waals surface area contributed by atoms with Gasteiger partial charge < -0.3 is 4.90 Å². The number of nitrogens with zero attached hydrogens (tertiary/aromatic N) is 1. The SMILES string of the molecule is CCC(C)c1ccc(C(C)N(C)C)cc1. The van der Waals surface area contributed by atoms with Crippen LogP contribution in [-0.2, 0) is 0 Å². The first-order valence-corrected chi connectivity index (χ1v) is 5.82. The highest BCUT2D eigenvalue weighted by Gasteiger charge is 2.08. The Bertz CT molecular complexity index is 287. The maximum atomic E-state index is 2.28. The van der Waals surface area contributed by atoms with Crippen LogP contribution in [0.3, 0.4) is 0 Å². The van der Waals surface area contributed by atoms with Crippen molar-refractivity contribution in [2.45, 2.75) is 39.2 Å². The van der Waals surface area contributed by atoms with Crippen LogP contribution in [0.25, 0.3) is 0 Å². The van der Waals surface area contributed by atoms with E-state index >= 15 is 0 Å². The minimum absolute atomic E-state index is 0.496. The maximum absolute atomic E-state index is 2.28. The first kappa shape index (κ1) is 12.3. The molecule has 0 N–H and O–H groups in total. The molecule has 1 nitrogen and oxygen atoms in total. The van der Waals surface area contributed by atoms with Gasteiger partial charge in [-0.25, -0.2) is 0 Å². The van der Waals surface area contributed by atoms with Crippen LogP contribution in [0.1, 0.15) is 50.3 Å². The molecule has 0 amide bonds. The molecule has 84 valence electrons. The maximum Gasteiger partial charge on any atom is 0.0313 e. The van der Waals surface area contributed by atoms with E-state index in [1.807, 2.05) is 0 Å². The molecular formula is C14H23N. The smallest absolute Gasteiger partial charge is 0.0313 e. The van der Waals surface area contributed by atoms with E-state index in [-0.39, 0.29) is 0 Å². The highest BCUT2D eigenvalue weighted by atomic mass is 15.1. The quantitative estimate of drug-likeness (QED) is 0.722. The van der Waals surface area contributed by atoms with Gasteiger partial charge in [-0.2, -0.15) is 0 Å². The minimum Gasteiger partial charge on any atom is -0.303 e. The predicted molar refractivity (Wildman–Crippen MR) is 67.3 cm³/mol. The van der Waals surface area contributed by atoms with Gasteiger partial charge in [0, 0.05) is 6.04 Å². The van der Waals surface area contributed by atoms with E-state index in [9.17, 15) is 0 Å². The lowest BCUT2D eigenvalue weighted by atomic mass is 9.96. The van der Waals surface area contributed by atoms with Gasteiger partial charge in [0.15, 0.2) is 0 Å². The molecule has 0 aromatic heterocycles. The molecule has 0 bridgehead atoms. The fraction of sp³-hybridized carbons (Fsp3) is 0.571. The number of rotatable bonds is 4. The van der Waals surface area contributed by atoms with E-state index in [0.717, 1.165) is 0 Å². The average molecular weight is 205 g/mol. The van der Waals surface area contributed by atoms with Crippen LogP contribution in [-0.4, -0.2) is 19.0 Å². The second-order valence-corrected chi connectivity index (χ2v) is 4.62. The summed E-state index contributed by atoms with van der Waals surface area (Å²) in [4.78, 5) is 2.23. The topological polar surface area (TPSA) is 3.24 Å². The van der Waals surface area contributed by atoms with Crippen molar-refractivity contribution in [1.82, 2.24) is 4.90 Å². The third kappa shape index (κ3) is 3.07. The Balaban J connectivity index is 2.80. The Morgan fingerprint density at radius 1 is 1.00 bits per heavy atom. The fourth-order valence-corrected chi connectivity index (χ4v) is 1.64. The van der Waals surface area contributed by atoms with Gasteiger partial charge in [-0.3, -0.25) is 0 Å². The molecule has 0 saturated carbocycles. The Morgan fingerprint density at radius 2 is 1.47 bits per heavy atom. The predicted octanol–water partition coefficient (Wildman–Crippen LogP) is 3.82. The molecule has 0 radical (unpaired) electrons. The van der Waals surface area contributed by atoms with Gasteiger partial charge in [0.2, 0.25) is 0 Å². The summed E-state index contributed by atoms with van der Waals surface area (Å²) in [5.41, 5.74) is 2.85. The zero-order chi connectivity index (χ0) is 11.4. The lowest BCUT2D eigenvalue weighted by Crippen LogP contribution is -2.16. The zero-order valence-electron chi connectivity index (χ0n) is 10.6. The number of hydrogen-bond acceptors (Lipinski definition) is 1. The molecule has 15 heavy (non-hydrogen) atoms. The van der Waals surface area contributed by atoms with Gasteiger partial charge in [0.25, 0.3) is 0 Å². The molecule has 0 aliphatic rings. The summed E-state index contributed by atoms with van der Waals surface area (Å²) >= 11 is 0. The van der Waals surface area contributed by atoms with E-state index in [4.69, 9.17) is 0 Å². The zero-order valence-corrected chi connectivity index (χ0v) is 10.6. The molecule has 1 heteroatoms. The minimum atomic E-state index is 0.496. The average Bonchev–Trinajstić information content (AvgIpc) is 2.27. The third-order valence-electron chi connectivity index (χ3n) is 3.37. The van der Waals surface area contributed by atoms with Crippen molar-refractivity contribution in [3.63, 3.8) is 0 Å². The second kappa shape index (κ2) is 5.32. The van der Waals surface area contributed by atoms with Crippen LogP contribution in [0.15, 0.2) is 24.3 Å². The Hall–Kier alpha value is -0.820. The standard InChI is InChI=1S/C14H23N/c1-6-11(2)13-7-9-14(10-8-13)12(3)15(4)5/h7-12H,6H2,1-5H3. The van der Waals surface area contributed by atoms with Crippen molar-refractivity contribution in [1.29, 1.82) is 0 Å². The van der Waals surface area contributed by atoms with Gasteiger partial charge >= 0.3 is 0 Å². The van der Waals surface area contributed by atoms with E-state index < -0.39 is 0 Å². The van der Waals surface area contributed by atoms with Crippen LogP contribution >= 0.6 is 0 Å². The summed E-state index contributed by atoms with van der Waals surface area (Å²) in [5.74, 6) is 0.675. The lowest BCUT2D eigenvalue weighted by Gasteiger charge is -2.20. The molecule has 0 spiro atoms. The first-order valence-electron chi connectivity index (χ1n) is 5.82. The van der Waals surface area contributed by atoms with Crippen LogP contribution < -0.4 is 0 Å². The summed E-state index contributed by atoms with van der Waals surface area (Å²) in [6.45, 7) is 6.75. The van der Waals surface area contributed by atoms with Crippen LogP contribution in [0.5, 0.6) is 0 Å². The largest absolute Gasteiger partial charge is 0.303 e. The Kier molecular flexibility index (Phi) is 4.34. The van der Waals surface area contributed by atoms with Crippen molar-refractivity contribution in [3.05, 3.63) is 35.4 Å². The summed E-state index contributed by atoms with van der Waals surface area (Å²) in [6.07, 6.45) is 1.21. The highest BCUT2D eigenvalue weighted by molar-refractivity contribution is 5.26. The molecule has 0 fully saturated rings. The van der Waals surface area contributed by atoms with E-state index in [0.29, 0.717) is 12.0 Å². The molecule has 0 heterocycles. The summed E-state index contributed by atoms with van der Waals surface area (Å²) in [5, 5.41) is 0. The van der Waals surface area contributed by atoms with Gasteiger partial charge in [0.05, 0.1) is 0 Å². The lowest BCUT2D eigenvalue weighted by molar-refractivity contribution is 0.321. The first-order chi connectivity index (χ1) is 7.06. The van der Waals surface area contributed by atoms with Crippen molar-refractivity contribution in [2.75, 3.05) is 14.1 Å². The van der Waals surface area contributed by atoms with Gasteiger partial charge in [-0.15, -0.1) is 0 Å². The fourth-order valence-electron chi connectivity index (χ4n) is 1.64. The Labute approximate surface area is 94.1 Å². The summed E-state index contributed by atoms with van der Waals surface area (Å²) in [7, 11) is 4.24. The van der Waals surface area contributed by atoms with E-state index in [2.05, 4.69) is 64.0 Å². The summed E-state index contributed by atoms with van der Waals surface area (Å²) in [6, 6.07) is 9.54. The molecule has 2 atom stereocenters. The molecule has 1 aromatic rings. The Morgan fingerprint density at radius 3 is 1.87 bits per heavy atom. The van der Waals surface area contributed by atoms with Gasteiger partial charge in [-0.05, 0) is 44.5 Å². The van der Waals surface area contributed by atoms with Gasteiger partial charge in [0.1, 0.15) is 0 Å². The molecule has 1 aromatic carbocycles. The molecular weight excluding hydrogens is 182 g/mol. The monoisotopic (exact) mass is 205 g/mol. The normalized spacial score (nSPS) is 15.3. The number of benzene rings is 1. The molecule has 0 aliphatic carbocycles. The van der Waals surface area contributed by atoms with Crippen molar-refractivity contribution < 1.29 is 0 Å². The molecule has 1 rings (SSSR count). The van der Waals surface area contributed by atoms with Crippen LogP contribution in [0, 0.1) is 0 Å². The highest BCUT2D eigenvalue weighted by Crippen LogP contribution is 2.22. The van der Waals surface area contributed by atoms with Crippen molar-refractivity contribution in [2.24, 2.45) is 0 Å². The molecule has 0 aliphatic heterocycles.